The maximum Gasteiger partial charge on any atom is 0.339 e. The number of nitrogens with zero attached hydrogens (tertiary/aromatic N) is 1. The molecule has 3 aromatic rings. The van der Waals surface area contributed by atoms with Gasteiger partial charge in [0.1, 0.15) is 11.4 Å². The number of aromatic carboxylic acids is 1. The molecule has 0 saturated carbocycles. The van der Waals surface area contributed by atoms with E-state index in [1.54, 1.807) is 10.6 Å². The van der Waals surface area contributed by atoms with Gasteiger partial charge in [0.05, 0.1) is 25.6 Å². The second-order valence-corrected chi connectivity index (χ2v) is 7.53. The molecule has 1 atom stereocenters. The van der Waals surface area contributed by atoms with E-state index in [0.717, 1.165) is 0 Å². The third kappa shape index (κ3) is 3.22. The Morgan fingerprint density at radius 1 is 1.18 bits per heavy atom. The number of ether oxygens (including phenoxy) is 4. The molecule has 2 aromatic carbocycles. The Kier molecular flexibility index (Phi) is 4.85. The molecule has 33 heavy (non-hydrogen) atoms. The van der Waals surface area contributed by atoms with Crippen LogP contribution in [0.3, 0.4) is 0 Å². The van der Waals surface area contributed by atoms with Crippen LogP contribution < -0.4 is 24.3 Å². The van der Waals surface area contributed by atoms with Crippen LogP contribution in [0.25, 0.3) is 5.69 Å². The number of aromatic nitrogens is 1. The van der Waals surface area contributed by atoms with Crippen molar-refractivity contribution in [2.45, 2.75) is 12.3 Å². The first kappa shape index (κ1) is 20.7. The molecule has 1 amide bonds. The minimum absolute atomic E-state index is 0.0103. The van der Waals surface area contributed by atoms with Crippen molar-refractivity contribution >= 4 is 17.6 Å². The molecule has 0 fully saturated rings. The standard InChI is InChI=1S/C23H19FN2O7/c1-30-16-7-14(20(31-2)22-21(16)32-10-33-22)13-8-17(27)25-18-15(23(28)29)9-26(19(13)18)12-5-3-11(24)4-6-12/h3-7,9,13H,8,10H2,1-2H3,(H,25,27)(H,28,29). The number of benzene rings is 2. The molecule has 0 saturated heterocycles. The Balaban J connectivity index is 1.79. The molecule has 0 spiro atoms. The fourth-order valence-corrected chi connectivity index (χ4v) is 4.36. The van der Waals surface area contributed by atoms with Gasteiger partial charge in [0.25, 0.3) is 0 Å². The molecule has 2 N–H and O–H groups in total. The van der Waals surface area contributed by atoms with Gasteiger partial charge in [0.2, 0.25) is 24.2 Å². The topological polar surface area (TPSA) is 108 Å². The highest BCUT2D eigenvalue weighted by molar-refractivity contribution is 6.04. The highest BCUT2D eigenvalue weighted by Gasteiger charge is 2.38. The molecule has 170 valence electrons. The zero-order valence-electron chi connectivity index (χ0n) is 17.7. The van der Waals surface area contributed by atoms with Crippen LogP contribution in [0.15, 0.2) is 36.5 Å². The molecule has 10 heteroatoms. The highest BCUT2D eigenvalue weighted by Crippen LogP contribution is 2.54. The smallest absolute Gasteiger partial charge is 0.339 e. The van der Waals surface area contributed by atoms with Crippen LogP contribution in [-0.4, -0.2) is 42.6 Å². The van der Waals surface area contributed by atoms with Gasteiger partial charge in [-0.1, -0.05) is 0 Å². The van der Waals surface area contributed by atoms with E-state index in [1.165, 1.54) is 44.7 Å². The summed E-state index contributed by atoms with van der Waals surface area (Å²) in [5.74, 6) is -1.12. The lowest BCUT2D eigenvalue weighted by molar-refractivity contribution is -0.116. The van der Waals surface area contributed by atoms with E-state index in [2.05, 4.69) is 5.32 Å². The number of nitrogens with one attached hydrogen (secondary N) is 1. The first-order valence-electron chi connectivity index (χ1n) is 10.0. The lowest BCUT2D eigenvalue weighted by atomic mass is 9.87. The number of rotatable bonds is 5. The highest BCUT2D eigenvalue weighted by atomic mass is 19.1. The molecule has 2 aliphatic rings. The van der Waals surface area contributed by atoms with E-state index < -0.39 is 17.7 Å². The molecule has 1 unspecified atom stereocenters. The molecule has 5 rings (SSSR count). The van der Waals surface area contributed by atoms with Crippen molar-refractivity contribution in [1.82, 2.24) is 4.57 Å². The van der Waals surface area contributed by atoms with Gasteiger partial charge in [-0.25, -0.2) is 9.18 Å². The summed E-state index contributed by atoms with van der Waals surface area (Å²) in [4.78, 5) is 24.7. The van der Waals surface area contributed by atoms with Crippen LogP contribution in [0, 0.1) is 5.82 Å². The van der Waals surface area contributed by atoms with Crippen LogP contribution in [0.2, 0.25) is 0 Å². The minimum Gasteiger partial charge on any atom is -0.493 e. The second-order valence-electron chi connectivity index (χ2n) is 7.53. The summed E-state index contributed by atoms with van der Waals surface area (Å²) in [5.41, 5.74) is 1.70. The maximum absolute atomic E-state index is 13.6. The first-order chi connectivity index (χ1) is 15.9. The maximum atomic E-state index is 13.6. The normalized spacial score (nSPS) is 16.2. The van der Waals surface area contributed by atoms with Gasteiger partial charge in [-0.15, -0.1) is 0 Å². The number of anilines is 1. The van der Waals surface area contributed by atoms with E-state index in [4.69, 9.17) is 18.9 Å². The molecule has 0 radical (unpaired) electrons. The summed E-state index contributed by atoms with van der Waals surface area (Å²) < 4.78 is 37.4. The van der Waals surface area contributed by atoms with Crippen molar-refractivity contribution < 1.29 is 38.0 Å². The minimum atomic E-state index is -1.21. The van der Waals surface area contributed by atoms with E-state index in [-0.39, 0.29) is 30.4 Å². The average Bonchev–Trinajstić information content (AvgIpc) is 3.43. The number of hydrogen-bond donors (Lipinski definition) is 2. The molecule has 3 heterocycles. The van der Waals surface area contributed by atoms with Gasteiger partial charge in [-0.2, -0.15) is 0 Å². The number of carboxylic acids is 1. The van der Waals surface area contributed by atoms with Crippen molar-refractivity contribution in [1.29, 1.82) is 0 Å². The summed E-state index contributed by atoms with van der Waals surface area (Å²) in [6.07, 6.45) is 1.42. The van der Waals surface area contributed by atoms with Crippen molar-refractivity contribution in [2.24, 2.45) is 0 Å². The molecule has 2 aliphatic heterocycles. The van der Waals surface area contributed by atoms with Gasteiger partial charge >= 0.3 is 5.97 Å². The van der Waals surface area contributed by atoms with Crippen LogP contribution in [0.1, 0.15) is 34.0 Å². The van der Waals surface area contributed by atoms with Gasteiger partial charge in [-0.05, 0) is 30.3 Å². The van der Waals surface area contributed by atoms with Crippen molar-refractivity contribution in [3.05, 3.63) is 59.2 Å². The van der Waals surface area contributed by atoms with Gasteiger partial charge in [0, 0.05) is 29.8 Å². The predicted octanol–water partition coefficient (Wildman–Crippen LogP) is 3.53. The van der Waals surface area contributed by atoms with E-state index in [9.17, 15) is 19.1 Å². The van der Waals surface area contributed by atoms with Crippen molar-refractivity contribution in [3.8, 4) is 28.7 Å². The average molecular weight is 454 g/mol. The number of carboxylic acid groups (broad SMARTS) is 1. The van der Waals surface area contributed by atoms with E-state index >= 15 is 0 Å². The molecule has 1 aromatic heterocycles. The lowest BCUT2D eigenvalue weighted by Gasteiger charge is -2.28. The molecular formula is C23H19FN2O7. The molecule has 0 bridgehead atoms. The van der Waals surface area contributed by atoms with E-state index in [1.807, 2.05) is 0 Å². The van der Waals surface area contributed by atoms with Gasteiger partial charge in [-0.3, -0.25) is 4.79 Å². The Morgan fingerprint density at radius 3 is 2.58 bits per heavy atom. The number of halogens is 1. The molecular weight excluding hydrogens is 435 g/mol. The number of fused-ring (bicyclic) bond motifs is 2. The largest absolute Gasteiger partial charge is 0.493 e. The van der Waals surface area contributed by atoms with Crippen molar-refractivity contribution in [3.63, 3.8) is 0 Å². The number of hydrogen-bond acceptors (Lipinski definition) is 6. The van der Waals surface area contributed by atoms with Crippen LogP contribution in [-0.2, 0) is 4.79 Å². The van der Waals surface area contributed by atoms with Gasteiger partial charge < -0.3 is 33.9 Å². The summed E-state index contributed by atoms with van der Waals surface area (Å²) in [7, 11) is 2.95. The first-order valence-corrected chi connectivity index (χ1v) is 10.0. The zero-order valence-corrected chi connectivity index (χ0v) is 17.7. The molecule has 0 aliphatic carbocycles. The Hall–Kier alpha value is -4.21. The molecule has 9 nitrogen and oxygen atoms in total. The second kappa shape index (κ2) is 7.73. The number of methoxy groups -OCH3 is 2. The van der Waals surface area contributed by atoms with Crippen molar-refractivity contribution in [2.75, 3.05) is 26.3 Å². The van der Waals surface area contributed by atoms with Gasteiger partial charge in [0.15, 0.2) is 11.5 Å². The van der Waals surface area contributed by atoms with Crippen LogP contribution in [0.5, 0.6) is 23.0 Å². The summed E-state index contributed by atoms with van der Waals surface area (Å²) >= 11 is 0. The van der Waals surface area contributed by atoms with E-state index in [0.29, 0.717) is 39.9 Å². The number of amides is 1. The third-order valence-corrected chi connectivity index (χ3v) is 5.75. The SMILES string of the molecule is COc1cc(C2CC(=O)Nc3c(C(=O)O)cn(-c4ccc(F)cc4)c32)c(OC)c2c1OCO2. The third-order valence-electron chi connectivity index (χ3n) is 5.75. The van der Waals surface area contributed by atoms with Crippen LogP contribution in [0.4, 0.5) is 10.1 Å². The monoisotopic (exact) mass is 454 g/mol. The lowest BCUT2D eigenvalue weighted by Crippen LogP contribution is -2.26. The predicted molar refractivity (Wildman–Crippen MR) is 113 cm³/mol. The quantitative estimate of drug-likeness (QED) is 0.607. The number of carbonyl (C=O) groups is 2. The Bertz CT molecular complexity index is 1280. The fraction of sp³-hybridized carbons (Fsp3) is 0.217. The fourth-order valence-electron chi connectivity index (χ4n) is 4.36. The summed E-state index contributed by atoms with van der Waals surface area (Å²) in [5, 5.41) is 12.5. The summed E-state index contributed by atoms with van der Waals surface area (Å²) in [6.45, 7) is -0.0168. The Labute approximate surface area is 187 Å². The Morgan fingerprint density at radius 2 is 1.91 bits per heavy atom. The van der Waals surface area contributed by atoms with Crippen LogP contribution >= 0.6 is 0 Å². The number of carbonyl (C=O) groups excluding carboxylic acids is 1. The zero-order chi connectivity index (χ0) is 23.3. The summed E-state index contributed by atoms with van der Waals surface area (Å²) in [6, 6.07) is 7.33.